The normalized spacial score (nSPS) is 19.6. The Kier molecular flexibility index (Phi) is 3.66. The molecule has 86 valence electrons. The number of rotatable bonds is 3. The Morgan fingerprint density at radius 2 is 2.56 bits per heavy atom. The van der Waals surface area contributed by atoms with Crippen LogP contribution in [-0.2, 0) is 0 Å². The molecule has 3 N–H and O–H groups in total. The van der Waals surface area contributed by atoms with Crippen LogP contribution >= 0.6 is 11.8 Å². The molecule has 1 saturated heterocycles. The van der Waals surface area contributed by atoms with Gasteiger partial charge >= 0.3 is 0 Å². The van der Waals surface area contributed by atoms with E-state index in [1.54, 1.807) is 18.3 Å². The van der Waals surface area contributed by atoms with Crippen LogP contribution in [0.25, 0.3) is 0 Å². The van der Waals surface area contributed by atoms with Crippen LogP contribution in [0.2, 0.25) is 0 Å². The number of nitrogen functional groups attached to an aromatic ring is 1. The first kappa shape index (κ1) is 11.3. The fourth-order valence-electron chi connectivity index (χ4n) is 1.64. The molecule has 0 bridgehead atoms. The van der Waals surface area contributed by atoms with Gasteiger partial charge in [0.2, 0.25) is 0 Å². The Balaban J connectivity index is 1.87. The Morgan fingerprint density at radius 3 is 3.25 bits per heavy atom. The van der Waals surface area contributed by atoms with E-state index in [9.17, 15) is 4.79 Å². The van der Waals surface area contributed by atoms with Gasteiger partial charge in [-0.25, -0.2) is 0 Å². The third-order valence-corrected chi connectivity index (χ3v) is 3.82. The van der Waals surface area contributed by atoms with Crippen LogP contribution in [0.4, 0.5) is 5.69 Å². The highest BCUT2D eigenvalue weighted by Crippen LogP contribution is 2.22. The number of aromatic nitrogens is 1. The molecule has 1 amide bonds. The Labute approximate surface area is 99.0 Å². The van der Waals surface area contributed by atoms with Crippen molar-refractivity contribution < 1.29 is 4.79 Å². The van der Waals surface area contributed by atoms with E-state index in [4.69, 9.17) is 5.73 Å². The Morgan fingerprint density at radius 1 is 1.69 bits per heavy atom. The molecule has 1 aliphatic heterocycles. The van der Waals surface area contributed by atoms with Gasteiger partial charge in [0, 0.05) is 18.4 Å². The summed E-state index contributed by atoms with van der Waals surface area (Å²) in [6.07, 6.45) is 2.74. The molecule has 0 radical (unpaired) electrons. The monoisotopic (exact) mass is 237 g/mol. The first-order valence-corrected chi connectivity index (χ1v) is 6.48. The van der Waals surface area contributed by atoms with Crippen molar-refractivity contribution in [3.63, 3.8) is 0 Å². The second kappa shape index (κ2) is 5.21. The molecule has 2 heterocycles. The van der Waals surface area contributed by atoms with Crippen molar-refractivity contribution in [2.45, 2.75) is 6.42 Å². The summed E-state index contributed by atoms with van der Waals surface area (Å²) in [6.45, 7) is 0.738. The molecule has 16 heavy (non-hydrogen) atoms. The van der Waals surface area contributed by atoms with Crippen molar-refractivity contribution in [3.05, 3.63) is 24.0 Å². The fourth-order valence-corrected chi connectivity index (χ4v) is 2.93. The van der Waals surface area contributed by atoms with Crippen LogP contribution in [0.1, 0.15) is 16.9 Å². The van der Waals surface area contributed by atoms with Crippen molar-refractivity contribution in [1.29, 1.82) is 0 Å². The molecule has 1 atom stereocenters. The van der Waals surface area contributed by atoms with E-state index in [2.05, 4.69) is 10.3 Å². The zero-order chi connectivity index (χ0) is 11.4. The van der Waals surface area contributed by atoms with Crippen molar-refractivity contribution in [2.24, 2.45) is 5.92 Å². The van der Waals surface area contributed by atoms with E-state index >= 15 is 0 Å². The number of nitrogens with zero attached hydrogens (tertiary/aromatic N) is 1. The molecule has 5 heteroatoms. The van der Waals surface area contributed by atoms with Crippen LogP contribution in [0, 0.1) is 5.92 Å². The number of anilines is 1. The Hall–Kier alpha value is -1.23. The lowest BCUT2D eigenvalue weighted by Crippen LogP contribution is -2.29. The second-order valence-corrected chi connectivity index (χ2v) is 5.06. The molecule has 1 aliphatic rings. The molecular weight excluding hydrogens is 222 g/mol. The van der Waals surface area contributed by atoms with E-state index < -0.39 is 0 Å². The van der Waals surface area contributed by atoms with Crippen LogP contribution in [0.15, 0.2) is 18.3 Å². The standard InChI is InChI=1S/C11H15N3OS/c12-9-1-3-13-10(5-9)11(15)14-6-8-2-4-16-7-8/h1,3,5,8H,2,4,6-7H2,(H2,12,13)(H,14,15). The highest BCUT2D eigenvalue weighted by molar-refractivity contribution is 7.99. The largest absolute Gasteiger partial charge is 0.399 e. The van der Waals surface area contributed by atoms with Crippen LogP contribution < -0.4 is 11.1 Å². The number of nitrogens with one attached hydrogen (secondary N) is 1. The summed E-state index contributed by atoms with van der Waals surface area (Å²) in [7, 11) is 0. The smallest absolute Gasteiger partial charge is 0.269 e. The molecule has 0 aliphatic carbocycles. The van der Waals surface area contributed by atoms with E-state index in [1.807, 2.05) is 11.8 Å². The number of carbonyl (C=O) groups is 1. The summed E-state index contributed by atoms with van der Waals surface area (Å²) in [4.78, 5) is 15.7. The van der Waals surface area contributed by atoms with Gasteiger partial charge in [-0.3, -0.25) is 9.78 Å². The van der Waals surface area contributed by atoms with Gasteiger partial charge in [-0.15, -0.1) is 0 Å². The van der Waals surface area contributed by atoms with Gasteiger partial charge in [-0.2, -0.15) is 11.8 Å². The highest BCUT2D eigenvalue weighted by atomic mass is 32.2. The molecule has 1 fully saturated rings. The second-order valence-electron chi connectivity index (χ2n) is 3.91. The van der Waals surface area contributed by atoms with Crippen molar-refractivity contribution in [3.8, 4) is 0 Å². The van der Waals surface area contributed by atoms with Crippen molar-refractivity contribution in [1.82, 2.24) is 10.3 Å². The Bertz CT molecular complexity index is 377. The number of carbonyl (C=O) groups excluding carboxylic acids is 1. The molecule has 0 spiro atoms. The zero-order valence-electron chi connectivity index (χ0n) is 8.98. The topological polar surface area (TPSA) is 68.0 Å². The van der Waals surface area contributed by atoms with Crippen LogP contribution in [0.3, 0.4) is 0 Å². The summed E-state index contributed by atoms with van der Waals surface area (Å²) in [5.41, 5.74) is 6.55. The molecule has 0 aromatic carbocycles. The quantitative estimate of drug-likeness (QED) is 0.827. The van der Waals surface area contributed by atoms with E-state index in [0.717, 1.165) is 12.3 Å². The van der Waals surface area contributed by atoms with E-state index in [1.165, 1.54) is 12.2 Å². The fraction of sp³-hybridized carbons (Fsp3) is 0.455. The van der Waals surface area contributed by atoms with Crippen molar-refractivity contribution >= 4 is 23.4 Å². The average Bonchev–Trinajstić information content (AvgIpc) is 2.78. The number of pyridine rings is 1. The highest BCUT2D eigenvalue weighted by Gasteiger charge is 2.16. The van der Waals surface area contributed by atoms with Crippen molar-refractivity contribution in [2.75, 3.05) is 23.8 Å². The van der Waals surface area contributed by atoms with E-state index in [0.29, 0.717) is 17.3 Å². The van der Waals surface area contributed by atoms with Gasteiger partial charge in [-0.1, -0.05) is 0 Å². The molecule has 1 unspecified atom stereocenters. The van der Waals surface area contributed by atoms with Gasteiger partial charge in [0.25, 0.3) is 5.91 Å². The summed E-state index contributed by atoms with van der Waals surface area (Å²) in [6, 6.07) is 3.27. The molecule has 2 rings (SSSR count). The first-order chi connectivity index (χ1) is 7.75. The SMILES string of the molecule is Nc1ccnc(C(=O)NCC2CCSC2)c1. The van der Waals surface area contributed by atoms with Gasteiger partial charge in [0.1, 0.15) is 5.69 Å². The lowest BCUT2D eigenvalue weighted by molar-refractivity contribution is 0.0943. The number of nitrogens with two attached hydrogens (primary N) is 1. The lowest BCUT2D eigenvalue weighted by atomic mass is 10.1. The number of thioether (sulfide) groups is 1. The summed E-state index contributed by atoms with van der Waals surface area (Å²) in [5.74, 6) is 2.82. The van der Waals surface area contributed by atoms with Gasteiger partial charge in [0.05, 0.1) is 0 Å². The molecule has 0 saturated carbocycles. The third-order valence-electron chi connectivity index (χ3n) is 2.59. The van der Waals surface area contributed by atoms with Gasteiger partial charge in [-0.05, 0) is 36.0 Å². The van der Waals surface area contributed by atoms with Crippen LogP contribution in [-0.4, -0.2) is 28.9 Å². The number of hydrogen-bond acceptors (Lipinski definition) is 4. The lowest BCUT2D eigenvalue weighted by Gasteiger charge is -2.09. The molecule has 4 nitrogen and oxygen atoms in total. The van der Waals surface area contributed by atoms with Gasteiger partial charge in [0.15, 0.2) is 0 Å². The summed E-state index contributed by atoms with van der Waals surface area (Å²) >= 11 is 1.95. The number of hydrogen-bond donors (Lipinski definition) is 2. The summed E-state index contributed by atoms with van der Waals surface area (Å²) < 4.78 is 0. The number of amides is 1. The predicted octanol–water partition coefficient (Wildman–Crippen LogP) is 1.15. The minimum atomic E-state index is -0.135. The zero-order valence-corrected chi connectivity index (χ0v) is 9.80. The maximum Gasteiger partial charge on any atom is 0.269 e. The maximum atomic E-state index is 11.7. The molecule has 1 aromatic rings. The predicted molar refractivity (Wildman–Crippen MR) is 66.4 cm³/mol. The molecular formula is C11H15N3OS. The summed E-state index contributed by atoms with van der Waals surface area (Å²) in [5, 5.41) is 2.90. The minimum Gasteiger partial charge on any atom is -0.399 e. The first-order valence-electron chi connectivity index (χ1n) is 5.33. The maximum absolute atomic E-state index is 11.7. The average molecular weight is 237 g/mol. The third kappa shape index (κ3) is 2.88. The molecule has 1 aromatic heterocycles. The van der Waals surface area contributed by atoms with E-state index in [-0.39, 0.29) is 5.91 Å². The minimum absolute atomic E-state index is 0.135. The van der Waals surface area contributed by atoms with Gasteiger partial charge < -0.3 is 11.1 Å². The van der Waals surface area contributed by atoms with Crippen LogP contribution in [0.5, 0.6) is 0 Å².